The van der Waals surface area contributed by atoms with Gasteiger partial charge in [-0.05, 0) is 67.9 Å². The summed E-state index contributed by atoms with van der Waals surface area (Å²) >= 11 is 0. The summed E-state index contributed by atoms with van der Waals surface area (Å²) in [7, 11) is 3.29. The fourth-order valence-corrected chi connectivity index (χ4v) is 4.64. The van der Waals surface area contributed by atoms with Gasteiger partial charge in [-0.2, -0.15) is 0 Å². The number of methoxy groups -OCH3 is 2. The van der Waals surface area contributed by atoms with Gasteiger partial charge in [-0.3, -0.25) is 4.79 Å². The zero-order chi connectivity index (χ0) is 29.2. The number of alkyl carbamates (subject to hydrolysis) is 1. The summed E-state index contributed by atoms with van der Waals surface area (Å²) in [6, 6.07) is 11.7. The summed E-state index contributed by atoms with van der Waals surface area (Å²) in [6.07, 6.45) is 3.87. The zero-order valence-corrected chi connectivity index (χ0v) is 25.3. The highest BCUT2D eigenvalue weighted by Gasteiger charge is 2.25. The lowest BCUT2D eigenvalue weighted by molar-refractivity contribution is -0.116. The van der Waals surface area contributed by atoms with Crippen molar-refractivity contribution in [3.05, 3.63) is 53.1 Å². The number of rotatable bonds is 12. The van der Waals surface area contributed by atoms with Gasteiger partial charge in [0, 0.05) is 24.2 Å². The number of nitrogens with one attached hydrogen (secondary N) is 2. The highest BCUT2D eigenvalue weighted by Crippen LogP contribution is 2.40. The lowest BCUT2D eigenvalue weighted by Gasteiger charge is -2.25. The van der Waals surface area contributed by atoms with Crippen LogP contribution in [0.15, 0.2) is 36.4 Å². The Hall–Kier alpha value is -3.22. The average Bonchev–Trinajstić information content (AvgIpc) is 2.84. The second-order valence-corrected chi connectivity index (χ2v) is 12.0. The first-order valence-corrected chi connectivity index (χ1v) is 13.9. The van der Waals surface area contributed by atoms with Crippen LogP contribution in [0.5, 0.6) is 11.5 Å². The van der Waals surface area contributed by atoms with Crippen molar-refractivity contribution in [1.82, 2.24) is 5.32 Å². The van der Waals surface area contributed by atoms with Crippen molar-refractivity contribution in [3.63, 3.8) is 0 Å². The van der Waals surface area contributed by atoms with Crippen LogP contribution in [0.25, 0.3) is 0 Å². The first-order valence-electron chi connectivity index (χ1n) is 13.9. The minimum atomic E-state index is -0.572. The molecule has 2 rings (SSSR count). The van der Waals surface area contributed by atoms with E-state index in [-0.39, 0.29) is 17.2 Å². The quantitative estimate of drug-likeness (QED) is 0.269. The molecule has 0 aliphatic heterocycles. The molecule has 2 aromatic rings. The average molecular weight is 541 g/mol. The van der Waals surface area contributed by atoms with Crippen LogP contribution in [0, 0.1) is 0 Å². The molecule has 0 heterocycles. The van der Waals surface area contributed by atoms with Crippen molar-refractivity contribution in [3.8, 4) is 11.5 Å². The minimum absolute atomic E-state index is 0.0576. The van der Waals surface area contributed by atoms with Crippen LogP contribution in [-0.4, -0.2) is 31.8 Å². The van der Waals surface area contributed by atoms with Gasteiger partial charge >= 0.3 is 6.09 Å². The van der Waals surface area contributed by atoms with Crippen molar-refractivity contribution < 1.29 is 23.8 Å². The molecule has 0 aliphatic carbocycles. The maximum Gasteiger partial charge on any atom is 0.407 e. The van der Waals surface area contributed by atoms with E-state index in [4.69, 9.17) is 14.2 Å². The van der Waals surface area contributed by atoms with Gasteiger partial charge in [0.05, 0.1) is 14.2 Å². The van der Waals surface area contributed by atoms with E-state index in [0.29, 0.717) is 13.0 Å². The number of hydrogen-bond acceptors (Lipinski definition) is 5. The number of unbranched alkanes of at least 4 members (excludes halogenated alkanes) is 2. The van der Waals surface area contributed by atoms with Gasteiger partial charge in [0.15, 0.2) is 0 Å². The first kappa shape index (κ1) is 32.0. The molecule has 0 aromatic heterocycles. The smallest absolute Gasteiger partial charge is 0.407 e. The van der Waals surface area contributed by atoms with Gasteiger partial charge in [-0.15, -0.1) is 0 Å². The molecule has 0 aliphatic rings. The third-order valence-corrected chi connectivity index (χ3v) is 6.46. The molecule has 0 fully saturated rings. The molecule has 2 amide bonds. The molecular weight excluding hydrogens is 492 g/mol. The zero-order valence-electron chi connectivity index (χ0n) is 25.3. The highest BCUT2D eigenvalue weighted by atomic mass is 16.6. The van der Waals surface area contributed by atoms with E-state index in [9.17, 15) is 9.59 Å². The number of carbonyl (C=O) groups excluding carboxylic acids is 2. The van der Waals surface area contributed by atoms with E-state index in [1.807, 2.05) is 57.2 Å². The van der Waals surface area contributed by atoms with Gasteiger partial charge in [-0.1, -0.05) is 65.2 Å². The molecule has 0 spiro atoms. The maximum atomic E-state index is 13.6. The normalized spacial score (nSPS) is 12.4. The Morgan fingerprint density at radius 2 is 1.56 bits per heavy atom. The fourth-order valence-electron chi connectivity index (χ4n) is 4.64. The van der Waals surface area contributed by atoms with E-state index < -0.39 is 11.7 Å². The number of amides is 2. The third-order valence-electron chi connectivity index (χ3n) is 6.46. The summed E-state index contributed by atoms with van der Waals surface area (Å²) < 4.78 is 16.7. The highest BCUT2D eigenvalue weighted by molar-refractivity contribution is 5.92. The number of carbonyl (C=O) groups is 2. The lowest BCUT2D eigenvalue weighted by atomic mass is 9.84. The Bertz CT molecular complexity index is 1080. The van der Waals surface area contributed by atoms with Gasteiger partial charge < -0.3 is 24.8 Å². The van der Waals surface area contributed by atoms with E-state index in [1.165, 1.54) is 0 Å². The number of anilines is 1. The molecule has 7 heteroatoms. The molecule has 1 unspecified atom stereocenters. The summed E-state index contributed by atoms with van der Waals surface area (Å²) in [5.41, 5.74) is 2.81. The number of benzene rings is 2. The Morgan fingerprint density at radius 1 is 0.923 bits per heavy atom. The van der Waals surface area contributed by atoms with Crippen LogP contribution in [0.3, 0.4) is 0 Å². The molecule has 2 aromatic carbocycles. The predicted molar refractivity (Wildman–Crippen MR) is 158 cm³/mol. The molecular formula is C32H48N2O5. The second-order valence-electron chi connectivity index (χ2n) is 12.0. The standard InChI is InChI=1S/C32H48N2O5/c1-10-11-12-14-23(29-26(37-8)15-13-16-27(29)38-9)20-28(35)34-25-19-22(17-18-24(25)31(2,3)4)21-33-30(36)39-32(5,6)7/h13,15-19,23H,10-12,14,20-21H2,1-9H3,(H,33,36)(H,34,35). The molecule has 0 saturated carbocycles. The van der Waals surface area contributed by atoms with Crippen LogP contribution in [-0.2, 0) is 21.5 Å². The molecule has 0 radical (unpaired) electrons. The summed E-state index contributed by atoms with van der Waals surface area (Å²) in [4.78, 5) is 25.7. The molecule has 2 N–H and O–H groups in total. The molecule has 216 valence electrons. The van der Waals surface area contributed by atoms with Gasteiger partial charge in [-0.25, -0.2) is 4.79 Å². The van der Waals surface area contributed by atoms with Crippen molar-refractivity contribution >= 4 is 17.7 Å². The summed E-state index contributed by atoms with van der Waals surface area (Å²) in [5.74, 6) is 1.33. The monoisotopic (exact) mass is 540 g/mol. The summed E-state index contributed by atoms with van der Waals surface area (Å²) in [6.45, 7) is 14.3. The van der Waals surface area contributed by atoms with Gasteiger partial charge in [0.2, 0.25) is 5.91 Å². The predicted octanol–water partition coefficient (Wildman–Crippen LogP) is 7.72. The van der Waals surface area contributed by atoms with E-state index in [2.05, 4.69) is 38.3 Å². The maximum absolute atomic E-state index is 13.6. The van der Waals surface area contributed by atoms with E-state index >= 15 is 0 Å². The lowest BCUT2D eigenvalue weighted by Crippen LogP contribution is -2.32. The Balaban J connectivity index is 2.31. The largest absolute Gasteiger partial charge is 0.496 e. The topological polar surface area (TPSA) is 85.9 Å². The van der Waals surface area contributed by atoms with Crippen LogP contribution in [0.1, 0.15) is 103 Å². The van der Waals surface area contributed by atoms with Crippen LogP contribution < -0.4 is 20.1 Å². The van der Waals surface area contributed by atoms with Crippen molar-refractivity contribution in [1.29, 1.82) is 0 Å². The molecule has 1 atom stereocenters. The Labute approximate surface area is 235 Å². The fraction of sp³-hybridized carbons (Fsp3) is 0.562. The molecule has 0 saturated heterocycles. The van der Waals surface area contributed by atoms with Crippen LogP contribution in [0.4, 0.5) is 10.5 Å². The SMILES string of the molecule is CCCCCC(CC(=O)Nc1cc(CNC(=O)OC(C)(C)C)ccc1C(C)(C)C)c1c(OC)cccc1OC. The van der Waals surface area contributed by atoms with Crippen LogP contribution >= 0.6 is 0 Å². The first-order chi connectivity index (χ1) is 18.3. The minimum Gasteiger partial charge on any atom is -0.496 e. The van der Waals surface area contributed by atoms with Crippen molar-refractivity contribution in [2.75, 3.05) is 19.5 Å². The molecule has 0 bridgehead atoms. The molecule has 39 heavy (non-hydrogen) atoms. The Morgan fingerprint density at radius 3 is 2.10 bits per heavy atom. The van der Waals surface area contributed by atoms with E-state index in [0.717, 1.165) is 59.6 Å². The molecule has 7 nitrogen and oxygen atoms in total. The summed E-state index contributed by atoms with van der Waals surface area (Å²) in [5, 5.41) is 5.98. The number of hydrogen-bond donors (Lipinski definition) is 2. The van der Waals surface area contributed by atoms with Crippen LogP contribution in [0.2, 0.25) is 0 Å². The Kier molecular flexibility index (Phi) is 11.7. The third kappa shape index (κ3) is 10.1. The van der Waals surface area contributed by atoms with Crippen molar-refractivity contribution in [2.45, 2.75) is 104 Å². The van der Waals surface area contributed by atoms with E-state index in [1.54, 1.807) is 14.2 Å². The van der Waals surface area contributed by atoms with Crippen molar-refractivity contribution in [2.24, 2.45) is 0 Å². The van der Waals surface area contributed by atoms with Gasteiger partial charge in [0.25, 0.3) is 0 Å². The second kappa shape index (κ2) is 14.2. The van der Waals surface area contributed by atoms with Gasteiger partial charge in [0.1, 0.15) is 17.1 Å². The number of ether oxygens (including phenoxy) is 3.